The highest BCUT2D eigenvalue weighted by atomic mass is 16.7. The molecule has 6 nitrogen and oxygen atoms in total. The van der Waals surface area contributed by atoms with E-state index in [1.54, 1.807) is 23.2 Å². The Kier molecular flexibility index (Phi) is 2.63. The first-order valence-corrected chi connectivity index (χ1v) is 6.98. The molecule has 2 aliphatic rings. The molecule has 3 heterocycles. The Hall–Kier alpha value is -2.50. The number of Topliss-reactive ketones (excluding diaryl/α,β-unsaturated/α-hetero) is 1. The Bertz CT molecular complexity index is 743. The lowest BCUT2D eigenvalue weighted by Crippen LogP contribution is -2.34. The first-order valence-electron chi connectivity index (χ1n) is 6.98. The summed E-state index contributed by atoms with van der Waals surface area (Å²) in [4.78, 5) is 29.3. The number of ether oxygens (including phenoxy) is 2. The van der Waals surface area contributed by atoms with Gasteiger partial charge in [0.15, 0.2) is 11.5 Å². The molecule has 6 heteroatoms. The van der Waals surface area contributed by atoms with Gasteiger partial charge in [0.25, 0.3) is 11.7 Å². The molecule has 0 saturated carbocycles. The molecule has 4 rings (SSSR count). The monoisotopic (exact) mass is 286 g/mol. The van der Waals surface area contributed by atoms with Crippen molar-refractivity contribution >= 4 is 22.6 Å². The van der Waals surface area contributed by atoms with E-state index in [1.807, 2.05) is 0 Å². The number of carbonyl (C=O) groups is 2. The number of ketones is 1. The molecule has 1 N–H and O–H groups in total. The van der Waals surface area contributed by atoms with Gasteiger partial charge in [-0.05, 0) is 18.9 Å². The third-order valence-corrected chi connectivity index (χ3v) is 4.01. The molecule has 2 aromatic rings. The average Bonchev–Trinajstić information content (AvgIpc) is 3.22. The van der Waals surface area contributed by atoms with Crippen LogP contribution in [0.2, 0.25) is 0 Å². The molecule has 0 bridgehead atoms. The number of likely N-dealkylation sites (tertiary alicyclic amines) is 1. The first kappa shape index (κ1) is 12.3. The van der Waals surface area contributed by atoms with Gasteiger partial charge in [-0.15, -0.1) is 0 Å². The minimum Gasteiger partial charge on any atom is -0.454 e. The molecule has 1 saturated heterocycles. The van der Waals surface area contributed by atoms with E-state index in [0.29, 0.717) is 35.5 Å². The number of H-pyrrole nitrogens is 1. The van der Waals surface area contributed by atoms with E-state index >= 15 is 0 Å². The van der Waals surface area contributed by atoms with Crippen LogP contribution in [0.5, 0.6) is 11.5 Å². The maximum absolute atomic E-state index is 12.4. The number of benzene rings is 1. The van der Waals surface area contributed by atoms with Gasteiger partial charge in [-0.1, -0.05) is 0 Å². The Morgan fingerprint density at radius 2 is 1.81 bits per heavy atom. The standard InChI is InChI=1S/C15H14N2O4/c18-14(15(19)17-3-1-2-4-17)10-7-16-11-6-13-12(5-9(10)11)20-8-21-13/h5-7,16H,1-4,8H2. The second-order valence-corrected chi connectivity index (χ2v) is 5.28. The molecule has 108 valence electrons. The van der Waals surface area contributed by atoms with Gasteiger partial charge in [0.2, 0.25) is 6.79 Å². The highest BCUT2D eigenvalue weighted by molar-refractivity contribution is 6.44. The molecule has 0 radical (unpaired) electrons. The van der Waals surface area contributed by atoms with Crippen LogP contribution >= 0.6 is 0 Å². The number of nitrogens with one attached hydrogen (secondary N) is 1. The maximum Gasteiger partial charge on any atom is 0.295 e. The number of rotatable bonds is 2. The second-order valence-electron chi connectivity index (χ2n) is 5.28. The molecule has 1 aromatic carbocycles. The molecule has 0 aliphatic carbocycles. The number of hydrogen-bond donors (Lipinski definition) is 1. The van der Waals surface area contributed by atoms with Crippen molar-refractivity contribution in [1.29, 1.82) is 0 Å². The maximum atomic E-state index is 12.4. The minimum absolute atomic E-state index is 0.179. The van der Waals surface area contributed by atoms with Crippen molar-refractivity contribution < 1.29 is 19.1 Å². The molecule has 21 heavy (non-hydrogen) atoms. The van der Waals surface area contributed by atoms with Crippen LogP contribution in [0.3, 0.4) is 0 Å². The highest BCUT2D eigenvalue weighted by Crippen LogP contribution is 2.37. The number of hydrogen-bond acceptors (Lipinski definition) is 4. The summed E-state index contributed by atoms with van der Waals surface area (Å²) in [6.07, 6.45) is 3.51. The third-order valence-electron chi connectivity index (χ3n) is 4.01. The fraction of sp³-hybridized carbons (Fsp3) is 0.333. The Morgan fingerprint density at radius 3 is 2.57 bits per heavy atom. The second kappa shape index (κ2) is 4.51. The molecule has 2 aliphatic heterocycles. The third kappa shape index (κ3) is 1.86. The van der Waals surface area contributed by atoms with E-state index in [0.717, 1.165) is 18.4 Å². The highest BCUT2D eigenvalue weighted by Gasteiger charge is 2.28. The predicted molar refractivity (Wildman–Crippen MR) is 74.6 cm³/mol. The van der Waals surface area contributed by atoms with Crippen LogP contribution in [0, 0.1) is 0 Å². The van der Waals surface area contributed by atoms with Crippen molar-refractivity contribution in [2.24, 2.45) is 0 Å². The molecule has 0 spiro atoms. The van der Waals surface area contributed by atoms with Crippen molar-refractivity contribution in [3.63, 3.8) is 0 Å². The first-order chi connectivity index (χ1) is 10.2. The number of fused-ring (bicyclic) bond motifs is 2. The zero-order valence-corrected chi connectivity index (χ0v) is 11.3. The predicted octanol–water partition coefficient (Wildman–Crippen LogP) is 1.70. The molecule has 0 atom stereocenters. The van der Waals surface area contributed by atoms with Crippen molar-refractivity contribution in [3.05, 3.63) is 23.9 Å². The Morgan fingerprint density at radius 1 is 1.10 bits per heavy atom. The fourth-order valence-electron chi connectivity index (χ4n) is 2.88. The number of amides is 1. The molecular weight excluding hydrogens is 272 g/mol. The van der Waals surface area contributed by atoms with Gasteiger partial charge in [0.1, 0.15) is 0 Å². The lowest BCUT2D eigenvalue weighted by Gasteiger charge is -2.13. The Labute approximate surface area is 120 Å². The van der Waals surface area contributed by atoms with Crippen molar-refractivity contribution in [2.75, 3.05) is 19.9 Å². The van der Waals surface area contributed by atoms with Gasteiger partial charge < -0.3 is 19.4 Å². The number of nitrogens with zero attached hydrogens (tertiary/aromatic N) is 1. The van der Waals surface area contributed by atoms with Gasteiger partial charge >= 0.3 is 0 Å². The average molecular weight is 286 g/mol. The summed E-state index contributed by atoms with van der Waals surface area (Å²) in [7, 11) is 0. The fourth-order valence-corrected chi connectivity index (χ4v) is 2.88. The van der Waals surface area contributed by atoms with Gasteiger partial charge in [-0.25, -0.2) is 0 Å². The van der Waals surface area contributed by atoms with Gasteiger partial charge in [0.05, 0.1) is 11.1 Å². The van der Waals surface area contributed by atoms with Crippen LogP contribution in [0.4, 0.5) is 0 Å². The normalized spacial score (nSPS) is 16.7. The van der Waals surface area contributed by atoms with Crippen molar-refractivity contribution in [3.8, 4) is 11.5 Å². The summed E-state index contributed by atoms with van der Waals surface area (Å²) < 4.78 is 10.6. The van der Waals surface area contributed by atoms with E-state index in [-0.39, 0.29) is 6.79 Å². The van der Waals surface area contributed by atoms with Gasteiger partial charge in [0, 0.05) is 30.7 Å². The summed E-state index contributed by atoms with van der Waals surface area (Å²) >= 11 is 0. The van der Waals surface area contributed by atoms with E-state index in [4.69, 9.17) is 9.47 Å². The van der Waals surface area contributed by atoms with Crippen LogP contribution in [0.15, 0.2) is 18.3 Å². The summed E-state index contributed by atoms with van der Waals surface area (Å²) in [5, 5.41) is 0.691. The number of aromatic nitrogens is 1. The largest absolute Gasteiger partial charge is 0.454 e. The minimum atomic E-state index is -0.470. The van der Waals surface area contributed by atoms with E-state index in [9.17, 15) is 9.59 Å². The smallest absolute Gasteiger partial charge is 0.295 e. The zero-order valence-electron chi connectivity index (χ0n) is 11.3. The summed E-state index contributed by atoms with van der Waals surface area (Å²) in [6.45, 7) is 1.51. The number of aromatic amines is 1. The van der Waals surface area contributed by atoms with E-state index < -0.39 is 11.7 Å². The topological polar surface area (TPSA) is 71.6 Å². The SMILES string of the molecule is O=C(C(=O)N1CCCC1)c1c[nH]c2cc3c(cc12)OCO3. The lowest BCUT2D eigenvalue weighted by atomic mass is 10.1. The molecular formula is C15H14N2O4. The molecule has 1 amide bonds. The number of carbonyl (C=O) groups excluding carboxylic acids is 2. The van der Waals surface area contributed by atoms with Crippen molar-refractivity contribution in [2.45, 2.75) is 12.8 Å². The lowest BCUT2D eigenvalue weighted by molar-refractivity contribution is -0.125. The summed E-state index contributed by atoms with van der Waals surface area (Å²) in [5.74, 6) is 0.354. The molecule has 1 aromatic heterocycles. The van der Waals surface area contributed by atoms with Crippen molar-refractivity contribution in [1.82, 2.24) is 9.88 Å². The molecule has 1 fully saturated rings. The summed E-state index contributed by atoms with van der Waals surface area (Å²) in [6, 6.07) is 3.54. The quantitative estimate of drug-likeness (QED) is 0.674. The van der Waals surface area contributed by atoms with E-state index in [2.05, 4.69) is 4.98 Å². The van der Waals surface area contributed by atoms with Crippen LogP contribution in [0.25, 0.3) is 10.9 Å². The van der Waals surface area contributed by atoms with Crippen LogP contribution in [-0.4, -0.2) is 41.5 Å². The Balaban J connectivity index is 1.73. The zero-order chi connectivity index (χ0) is 14.4. The molecule has 0 unspecified atom stereocenters. The van der Waals surface area contributed by atoms with E-state index in [1.165, 1.54) is 0 Å². The van der Waals surface area contributed by atoms with Crippen LogP contribution < -0.4 is 9.47 Å². The van der Waals surface area contributed by atoms with Gasteiger partial charge in [-0.2, -0.15) is 0 Å². The summed E-state index contributed by atoms with van der Waals surface area (Å²) in [5.41, 5.74) is 1.15. The van der Waals surface area contributed by atoms with Gasteiger partial charge in [-0.3, -0.25) is 9.59 Å². The van der Waals surface area contributed by atoms with Crippen LogP contribution in [0.1, 0.15) is 23.2 Å². The van der Waals surface area contributed by atoms with Crippen LogP contribution in [-0.2, 0) is 4.79 Å².